The van der Waals surface area contributed by atoms with Gasteiger partial charge in [-0.05, 0) is 31.6 Å². The largest absolute Gasteiger partial charge is 0.342 e. The molecule has 0 spiro atoms. The summed E-state index contributed by atoms with van der Waals surface area (Å²) in [6, 6.07) is 0. The molecule has 21 heavy (non-hydrogen) atoms. The van der Waals surface area contributed by atoms with Crippen molar-refractivity contribution in [2.24, 2.45) is 11.3 Å². The number of hydrogen-bond donors (Lipinski definition) is 0. The number of carbonyl (C=O) groups is 1. The van der Waals surface area contributed by atoms with Crippen molar-refractivity contribution < 1.29 is 9.32 Å². The average Bonchev–Trinajstić information content (AvgIpc) is 3.18. The fourth-order valence-corrected chi connectivity index (χ4v) is 3.00. The van der Waals surface area contributed by atoms with Gasteiger partial charge in [-0.1, -0.05) is 25.9 Å². The predicted octanol–water partition coefficient (Wildman–Crippen LogP) is 2.77. The molecule has 1 aliphatic heterocycles. The van der Waals surface area contributed by atoms with Crippen LogP contribution in [0.2, 0.25) is 0 Å². The minimum Gasteiger partial charge on any atom is -0.342 e. The Morgan fingerprint density at radius 2 is 2.10 bits per heavy atom. The van der Waals surface area contributed by atoms with E-state index in [0.29, 0.717) is 11.8 Å². The molecule has 0 bridgehead atoms. The van der Waals surface area contributed by atoms with Crippen molar-refractivity contribution >= 4 is 5.91 Å². The van der Waals surface area contributed by atoms with E-state index in [-0.39, 0.29) is 11.3 Å². The summed E-state index contributed by atoms with van der Waals surface area (Å²) >= 11 is 0. The zero-order chi connectivity index (χ0) is 15.0. The molecule has 2 heterocycles. The van der Waals surface area contributed by atoms with Gasteiger partial charge in [0.25, 0.3) is 0 Å². The lowest BCUT2D eigenvalue weighted by molar-refractivity contribution is -0.141. The van der Waals surface area contributed by atoms with Gasteiger partial charge in [-0.3, -0.25) is 4.79 Å². The Balaban J connectivity index is 1.59. The van der Waals surface area contributed by atoms with Crippen LogP contribution >= 0.6 is 0 Å². The molecule has 5 heteroatoms. The van der Waals surface area contributed by atoms with Crippen molar-refractivity contribution in [3.8, 4) is 0 Å². The molecule has 1 aliphatic carbocycles. The van der Waals surface area contributed by atoms with Gasteiger partial charge in [0.1, 0.15) is 0 Å². The van der Waals surface area contributed by atoms with Gasteiger partial charge >= 0.3 is 0 Å². The number of amides is 1. The minimum atomic E-state index is -0.300. The standard InChI is InChI=1S/C16H25N3O2/c1-16(2,3)15(20)19-8-4-5-11(10-19)9-13-17-14(18-21-13)12-6-7-12/h11-12H,4-10H2,1-3H3. The lowest BCUT2D eigenvalue weighted by atomic mass is 9.90. The summed E-state index contributed by atoms with van der Waals surface area (Å²) in [6.45, 7) is 7.65. The van der Waals surface area contributed by atoms with E-state index in [1.807, 2.05) is 25.7 Å². The molecule has 1 aromatic rings. The van der Waals surface area contributed by atoms with E-state index >= 15 is 0 Å². The maximum absolute atomic E-state index is 12.4. The third kappa shape index (κ3) is 3.44. The summed E-state index contributed by atoms with van der Waals surface area (Å²) in [4.78, 5) is 18.9. The highest BCUT2D eigenvalue weighted by molar-refractivity contribution is 5.81. The van der Waals surface area contributed by atoms with Crippen LogP contribution < -0.4 is 0 Å². The second kappa shape index (κ2) is 5.43. The van der Waals surface area contributed by atoms with Gasteiger partial charge in [-0.15, -0.1) is 0 Å². The maximum Gasteiger partial charge on any atom is 0.227 e. The Kier molecular flexibility index (Phi) is 3.76. The van der Waals surface area contributed by atoms with Gasteiger partial charge in [-0.2, -0.15) is 4.98 Å². The first kappa shape index (κ1) is 14.5. The molecule has 1 atom stereocenters. The molecule has 1 saturated heterocycles. The Labute approximate surface area is 126 Å². The second-order valence-electron chi connectivity index (χ2n) is 7.53. The Hall–Kier alpha value is -1.39. The van der Waals surface area contributed by atoms with E-state index in [2.05, 4.69) is 10.1 Å². The summed E-state index contributed by atoms with van der Waals surface area (Å²) in [7, 11) is 0. The number of piperidine rings is 1. The lowest BCUT2D eigenvalue weighted by Gasteiger charge is -2.36. The topological polar surface area (TPSA) is 59.2 Å². The number of hydrogen-bond acceptors (Lipinski definition) is 4. The summed E-state index contributed by atoms with van der Waals surface area (Å²) < 4.78 is 5.37. The molecule has 0 aromatic carbocycles. The first-order chi connectivity index (χ1) is 9.93. The molecule has 0 radical (unpaired) electrons. The zero-order valence-electron chi connectivity index (χ0n) is 13.3. The zero-order valence-corrected chi connectivity index (χ0v) is 13.3. The molecule has 1 aromatic heterocycles. The highest BCUT2D eigenvalue weighted by atomic mass is 16.5. The van der Waals surface area contributed by atoms with Gasteiger partial charge in [0, 0.05) is 30.8 Å². The van der Waals surface area contributed by atoms with E-state index in [0.717, 1.165) is 44.1 Å². The summed E-state index contributed by atoms with van der Waals surface area (Å²) in [5.74, 6) is 2.84. The SMILES string of the molecule is CC(C)(C)C(=O)N1CCCC(Cc2nc(C3CC3)no2)C1. The van der Waals surface area contributed by atoms with Crippen LogP contribution in [0.1, 0.15) is 64.1 Å². The van der Waals surface area contributed by atoms with Crippen LogP contribution in [0.25, 0.3) is 0 Å². The van der Waals surface area contributed by atoms with E-state index in [4.69, 9.17) is 4.52 Å². The fraction of sp³-hybridized carbons (Fsp3) is 0.812. The molecular formula is C16H25N3O2. The fourth-order valence-electron chi connectivity index (χ4n) is 3.00. The van der Waals surface area contributed by atoms with E-state index in [9.17, 15) is 4.79 Å². The number of likely N-dealkylation sites (tertiary alicyclic amines) is 1. The molecule has 116 valence electrons. The van der Waals surface area contributed by atoms with Gasteiger partial charge in [0.2, 0.25) is 11.8 Å². The van der Waals surface area contributed by atoms with E-state index < -0.39 is 0 Å². The normalized spacial score (nSPS) is 23.4. The molecule has 0 N–H and O–H groups in total. The van der Waals surface area contributed by atoms with Crippen molar-refractivity contribution in [1.82, 2.24) is 15.0 Å². The highest BCUT2D eigenvalue weighted by Crippen LogP contribution is 2.38. The predicted molar refractivity (Wildman–Crippen MR) is 78.7 cm³/mol. The van der Waals surface area contributed by atoms with Crippen LogP contribution in [-0.4, -0.2) is 34.0 Å². The van der Waals surface area contributed by atoms with Crippen LogP contribution in [-0.2, 0) is 11.2 Å². The summed E-state index contributed by atoms with van der Waals surface area (Å²) in [5.41, 5.74) is -0.300. The molecule has 3 rings (SSSR count). The quantitative estimate of drug-likeness (QED) is 0.859. The first-order valence-corrected chi connectivity index (χ1v) is 8.05. The van der Waals surface area contributed by atoms with Crippen molar-refractivity contribution in [2.75, 3.05) is 13.1 Å². The monoisotopic (exact) mass is 291 g/mol. The van der Waals surface area contributed by atoms with Crippen molar-refractivity contribution in [3.63, 3.8) is 0 Å². The lowest BCUT2D eigenvalue weighted by Crippen LogP contribution is -2.45. The maximum atomic E-state index is 12.4. The summed E-state index contributed by atoms with van der Waals surface area (Å²) in [5, 5.41) is 4.07. The van der Waals surface area contributed by atoms with E-state index in [1.165, 1.54) is 12.8 Å². The van der Waals surface area contributed by atoms with Crippen LogP contribution in [0.15, 0.2) is 4.52 Å². The van der Waals surface area contributed by atoms with Crippen LogP contribution in [0.3, 0.4) is 0 Å². The third-order valence-electron chi connectivity index (χ3n) is 4.34. The molecule has 1 amide bonds. The smallest absolute Gasteiger partial charge is 0.227 e. The Bertz CT molecular complexity index is 514. The highest BCUT2D eigenvalue weighted by Gasteiger charge is 2.32. The Morgan fingerprint density at radius 3 is 2.76 bits per heavy atom. The minimum absolute atomic E-state index is 0.247. The molecule has 1 saturated carbocycles. The first-order valence-electron chi connectivity index (χ1n) is 8.05. The van der Waals surface area contributed by atoms with Gasteiger partial charge in [-0.25, -0.2) is 0 Å². The molecular weight excluding hydrogens is 266 g/mol. The number of nitrogens with zero attached hydrogens (tertiary/aromatic N) is 3. The van der Waals surface area contributed by atoms with Crippen LogP contribution in [0.4, 0.5) is 0 Å². The summed E-state index contributed by atoms with van der Waals surface area (Å²) in [6.07, 6.45) is 5.38. The van der Waals surface area contributed by atoms with Crippen molar-refractivity contribution in [2.45, 2.75) is 58.8 Å². The number of aromatic nitrogens is 2. The average molecular weight is 291 g/mol. The molecule has 2 aliphatic rings. The second-order valence-corrected chi connectivity index (χ2v) is 7.53. The Morgan fingerprint density at radius 1 is 1.33 bits per heavy atom. The van der Waals surface area contributed by atoms with Crippen molar-refractivity contribution in [1.29, 1.82) is 0 Å². The number of rotatable bonds is 3. The van der Waals surface area contributed by atoms with Crippen LogP contribution in [0, 0.1) is 11.3 Å². The third-order valence-corrected chi connectivity index (χ3v) is 4.34. The molecule has 2 fully saturated rings. The van der Waals surface area contributed by atoms with E-state index in [1.54, 1.807) is 0 Å². The number of carbonyl (C=O) groups excluding carboxylic acids is 1. The van der Waals surface area contributed by atoms with Crippen molar-refractivity contribution in [3.05, 3.63) is 11.7 Å². The molecule has 5 nitrogen and oxygen atoms in total. The van der Waals surface area contributed by atoms with Gasteiger partial charge < -0.3 is 9.42 Å². The van der Waals surface area contributed by atoms with Gasteiger partial charge in [0.15, 0.2) is 5.82 Å². The molecule has 1 unspecified atom stereocenters. The van der Waals surface area contributed by atoms with Gasteiger partial charge in [0.05, 0.1) is 0 Å². The van der Waals surface area contributed by atoms with Crippen LogP contribution in [0.5, 0.6) is 0 Å².